The summed E-state index contributed by atoms with van der Waals surface area (Å²) < 4.78 is 6.83. The number of pyridine rings is 1. The number of ether oxygens (including phenoxy) is 1. The van der Waals surface area contributed by atoms with Crippen molar-refractivity contribution in [2.75, 3.05) is 0 Å². The lowest BCUT2D eigenvalue weighted by Gasteiger charge is -2.35. The van der Waals surface area contributed by atoms with E-state index < -0.39 is 0 Å². The van der Waals surface area contributed by atoms with E-state index in [-0.39, 0.29) is 0 Å². The Labute approximate surface area is 122 Å². The summed E-state index contributed by atoms with van der Waals surface area (Å²) in [7, 11) is 0. The topological polar surface area (TPSA) is 22.1 Å². The van der Waals surface area contributed by atoms with Crippen LogP contribution in [0.3, 0.4) is 0 Å². The van der Waals surface area contributed by atoms with Crippen LogP contribution in [0.4, 0.5) is 0 Å². The summed E-state index contributed by atoms with van der Waals surface area (Å²) in [5, 5.41) is 0. The normalized spacial score (nSPS) is 21.9. The van der Waals surface area contributed by atoms with Gasteiger partial charge in [0.2, 0.25) is 0 Å². The van der Waals surface area contributed by atoms with Crippen molar-refractivity contribution >= 4 is 15.9 Å². The lowest BCUT2D eigenvalue weighted by molar-refractivity contribution is -0.0207. The van der Waals surface area contributed by atoms with Gasteiger partial charge in [-0.15, -0.1) is 0 Å². The molecule has 0 amide bonds. The van der Waals surface area contributed by atoms with E-state index in [1.807, 2.05) is 12.3 Å². The van der Waals surface area contributed by atoms with Gasteiger partial charge in [-0.3, -0.25) is 0 Å². The molecule has 1 aliphatic rings. The monoisotopic (exact) mass is 317 g/mol. The van der Waals surface area contributed by atoms with Crippen molar-refractivity contribution in [3.05, 3.63) is 64.4 Å². The first-order chi connectivity index (χ1) is 9.31. The zero-order chi connectivity index (χ0) is 13.1. The zero-order valence-corrected chi connectivity index (χ0v) is 12.2. The van der Waals surface area contributed by atoms with Crippen molar-refractivity contribution in [2.45, 2.75) is 31.5 Å². The molecular formula is C16H16BrNO. The first kappa shape index (κ1) is 12.8. The van der Waals surface area contributed by atoms with E-state index in [1.165, 1.54) is 11.1 Å². The van der Waals surface area contributed by atoms with Gasteiger partial charge in [-0.2, -0.15) is 0 Å². The molecule has 2 nitrogen and oxygen atoms in total. The van der Waals surface area contributed by atoms with Gasteiger partial charge < -0.3 is 4.74 Å². The van der Waals surface area contributed by atoms with E-state index in [9.17, 15) is 0 Å². The molecule has 0 bridgehead atoms. The second-order valence-corrected chi connectivity index (χ2v) is 5.81. The summed E-state index contributed by atoms with van der Waals surface area (Å²) in [4.78, 5) is 4.16. The number of hydrogen-bond donors (Lipinski definition) is 0. The molecule has 1 aromatic heterocycles. The molecule has 98 valence electrons. The molecule has 0 aliphatic heterocycles. The number of benzene rings is 1. The lowest BCUT2D eigenvalue weighted by Crippen LogP contribution is -2.29. The highest BCUT2D eigenvalue weighted by molar-refractivity contribution is 9.10. The van der Waals surface area contributed by atoms with Crippen LogP contribution < -0.4 is 0 Å². The van der Waals surface area contributed by atoms with Crippen LogP contribution in [0, 0.1) is 0 Å². The third-order valence-corrected chi connectivity index (χ3v) is 4.08. The molecule has 0 spiro atoms. The molecule has 0 radical (unpaired) electrons. The van der Waals surface area contributed by atoms with Crippen LogP contribution in [0.5, 0.6) is 0 Å². The first-order valence-corrected chi connectivity index (χ1v) is 7.37. The standard InChI is InChI=1S/C16H16BrNO/c17-16-10-13(6-7-18-16)14-8-15(9-14)19-11-12-4-2-1-3-5-12/h1-7,10,14-15H,8-9,11H2. The Morgan fingerprint density at radius 3 is 2.68 bits per heavy atom. The van der Waals surface area contributed by atoms with Crippen LogP contribution in [0.15, 0.2) is 53.3 Å². The Morgan fingerprint density at radius 2 is 1.95 bits per heavy atom. The summed E-state index contributed by atoms with van der Waals surface area (Å²) in [5.41, 5.74) is 2.61. The maximum absolute atomic E-state index is 5.92. The molecule has 0 N–H and O–H groups in total. The van der Waals surface area contributed by atoms with Gasteiger partial charge in [0.05, 0.1) is 12.7 Å². The lowest BCUT2D eigenvalue weighted by atomic mass is 9.78. The predicted octanol–water partition coefficient (Wildman–Crippen LogP) is 4.31. The molecule has 19 heavy (non-hydrogen) atoms. The van der Waals surface area contributed by atoms with Gasteiger partial charge in [-0.1, -0.05) is 30.3 Å². The van der Waals surface area contributed by atoms with Crippen molar-refractivity contribution < 1.29 is 4.74 Å². The maximum atomic E-state index is 5.92. The van der Waals surface area contributed by atoms with Crippen molar-refractivity contribution in [3.8, 4) is 0 Å². The van der Waals surface area contributed by atoms with Gasteiger partial charge in [-0.05, 0) is 57.9 Å². The smallest absolute Gasteiger partial charge is 0.106 e. The van der Waals surface area contributed by atoms with Gasteiger partial charge in [0.1, 0.15) is 4.60 Å². The Morgan fingerprint density at radius 1 is 1.16 bits per heavy atom. The number of nitrogens with zero attached hydrogens (tertiary/aromatic N) is 1. The highest BCUT2D eigenvalue weighted by Crippen LogP contribution is 2.39. The summed E-state index contributed by atoms with van der Waals surface area (Å²) >= 11 is 3.42. The summed E-state index contributed by atoms with van der Waals surface area (Å²) in [6, 6.07) is 14.6. The maximum Gasteiger partial charge on any atom is 0.106 e. The summed E-state index contributed by atoms with van der Waals surface area (Å²) in [6.45, 7) is 0.721. The van der Waals surface area contributed by atoms with E-state index in [2.05, 4.69) is 57.3 Å². The van der Waals surface area contributed by atoms with Gasteiger partial charge in [0.15, 0.2) is 0 Å². The van der Waals surface area contributed by atoms with Crippen molar-refractivity contribution in [2.24, 2.45) is 0 Å². The third kappa shape index (κ3) is 3.23. The Kier molecular flexibility index (Phi) is 3.95. The highest BCUT2D eigenvalue weighted by atomic mass is 79.9. The van der Waals surface area contributed by atoms with Gasteiger partial charge in [0.25, 0.3) is 0 Å². The quantitative estimate of drug-likeness (QED) is 0.784. The molecule has 1 heterocycles. The minimum Gasteiger partial charge on any atom is -0.373 e. The van der Waals surface area contributed by atoms with Crippen LogP contribution in [0.25, 0.3) is 0 Å². The summed E-state index contributed by atoms with van der Waals surface area (Å²) in [5.74, 6) is 0.625. The largest absolute Gasteiger partial charge is 0.373 e. The van der Waals surface area contributed by atoms with E-state index >= 15 is 0 Å². The number of hydrogen-bond acceptors (Lipinski definition) is 2. The fraction of sp³-hybridized carbons (Fsp3) is 0.312. The van der Waals surface area contributed by atoms with E-state index in [4.69, 9.17) is 4.74 Å². The molecule has 0 atom stereocenters. The molecule has 1 fully saturated rings. The first-order valence-electron chi connectivity index (χ1n) is 6.58. The molecule has 3 heteroatoms. The minimum atomic E-state index is 0.400. The van der Waals surface area contributed by atoms with Crippen LogP contribution in [-0.2, 0) is 11.3 Å². The van der Waals surface area contributed by atoms with Gasteiger partial charge in [0, 0.05) is 6.20 Å². The van der Waals surface area contributed by atoms with Crippen molar-refractivity contribution in [1.82, 2.24) is 4.98 Å². The van der Waals surface area contributed by atoms with E-state index in [0.717, 1.165) is 24.1 Å². The molecular weight excluding hydrogens is 302 g/mol. The Bertz CT molecular complexity index is 537. The molecule has 1 saturated carbocycles. The fourth-order valence-electron chi connectivity index (χ4n) is 2.43. The number of halogens is 1. The second-order valence-electron chi connectivity index (χ2n) is 5.00. The average Bonchev–Trinajstić information content (AvgIpc) is 2.38. The number of rotatable bonds is 4. The van der Waals surface area contributed by atoms with E-state index in [1.54, 1.807) is 0 Å². The average molecular weight is 318 g/mol. The third-order valence-electron chi connectivity index (χ3n) is 3.65. The molecule has 0 saturated heterocycles. The molecule has 0 unspecified atom stereocenters. The molecule has 1 aliphatic carbocycles. The van der Waals surface area contributed by atoms with Crippen LogP contribution in [-0.4, -0.2) is 11.1 Å². The SMILES string of the molecule is Brc1cc(C2CC(OCc3ccccc3)C2)ccn1. The molecule has 2 aromatic rings. The Balaban J connectivity index is 1.48. The van der Waals surface area contributed by atoms with Crippen LogP contribution in [0.1, 0.15) is 29.9 Å². The van der Waals surface area contributed by atoms with Crippen molar-refractivity contribution in [1.29, 1.82) is 0 Å². The van der Waals surface area contributed by atoms with E-state index in [0.29, 0.717) is 12.0 Å². The van der Waals surface area contributed by atoms with Crippen LogP contribution in [0.2, 0.25) is 0 Å². The second kappa shape index (κ2) is 5.85. The minimum absolute atomic E-state index is 0.400. The predicted molar refractivity (Wildman–Crippen MR) is 78.9 cm³/mol. The van der Waals surface area contributed by atoms with Crippen LogP contribution >= 0.6 is 15.9 Å². The van der Waals surface area contributed by atoms with Crippen molar-refractivity contribution in [3.63, 3.8) is 0 Å². The fourth-order valence-corrected chi connectivity index (χ4v) is 2.82. The van der Waals surface area contributed by atoms with Gasteiger partial charge >= 0.3 is 0 Å². The Hall–Kier alpha value is -1.19. The zero-order valence-electron chi connectivity index (χ0n) is 10.6. The molecule has 1 aromatic carbocycles. The summed E-state index contributed by atoms with van der Waals surface area (Å²) in [6.07, 6.45) is 4.49. The highest BCUT2D eigenvalue weighted by Gasteiger charge is 2.31. The number of aromatic nitrogens is 1. The van der Waals surface area contributed by atoms with Gasteiger partial charge in [-0.25, -0.2) is 4.98 Å². The molecule has 3 rings (SSSR count).